The van der Waals surface area contributed by atoms with Gasteiger partial charge in [-0.15, -0.1) is 5.10 Å². The smallest absolute Gasteiger partial charge is 0.191 e. The first kappa shape index (κ1) is 20.5. The molecule has 2 aliphatic rings. The number of nitrogens with one attached hydrogen (secondary N) is 1. The summed E-state index contributed by atoms with van der Waals surface area (Å²) in [5.41, 5.74) is 0.954. The Balaban J connectivity index is 1.68. The van der Waals surface area contributed by atoms with Gasteiger partial charge in [-0.1, -0.05) is 36.1 Å². The van der Waals surface area contributed by atoms with Crippen molar-refractivity contribution in [2.45, 2.75) is 61.8 Å². The minimum Gasteiger partial charge on any atom is -0.388 e. The maximum Gasteiger partial charge on any atom is 0.191 e. The number of aliphatic hydroxyl groups excluding tert-OH is 3. The number of hydrogen-bond donors (Lipinski definition) is 4. The van der Waals surface area contributed by atoms with Crippen LogP contribution in [0.15, 0.2) is 17.3 Å². The van der Waals surface area contributed by atoms with E-state index in [0.29, 0.717) is 28.7 Å². The van der Waals surface area contributed by atoms with Crippen LogP contribution in [-0.4, -0.2) is 83.6 Å². The van der Waals surface area contributed by atoms with Crippen molar-refractivity contribution in [3.05, 3.63) is 12.2 Å². The topological polar surface area (TPSA) is 138 Å². The molecule has 1 aliphatic heterocycles. The predicted molar refractivity (Wildman–Crippen MR) is 108 cm³/mol. The van der Waals surface area contributed by atoms with Gasteiger partial charge in [0.1, 0.15) is 24.4 Å². The standard InChI is InChI=1S/C18H26N6O4S/c1-2-8-29-18-20-16(19-9-10-4-3-7-28-10)13-17(21-18)24(23-22-13)11-5-6-12(25)15(27)14(11)26/h5-6,10-12,14-15,25-27H,2-4,7-9H2,1H3,(H,19,20,21)/t10-,11+,12-,14-,15+/m0/s1. The van der Waals surface area contributed by atoms with Gasteiger partial charge in [-0.3, -0.25) is 0 Å². The maximum atomic E-state index is 10.4. The molecule has 2 aromatic heterocycles. The molecule has 5 atom stereocenters. The Labute approximate surface area is 172 Å². The molecule has 0 amide bonds. The molecule has 4 rings (SSSR count). The van der Waals surface area contributed by atoms with Crippen LogP contribution in [0.1, 0.15) is 32.2 Å². The normalized spacial score (nSPS) is 29.6. The van der Waals surface area contributed by atoms with Crippen LogP contribution in [0.25, 0.3) is 11.2 Å². The van der Waals surface area contributed by atoms with Crippen LogP contribution < -0.4 is 5.32 Å². The minimum atomic E-state index is -1.31. The van der Waals surface area contributed by atoms with Gasteiger partial charge >= 0.3 is 0 Å². The van der Waals surface area contributed by atoms with Gasteiger partial charge < -0.3 is 25.4 Å². The fourth-order valence-corrected chi connectivity index (χ4v) is 4.19. The van der Waals surface area contributed by atoms with Gasteiger partial charge in [0.25, 0.3) is 0 Å². The first-order valence-corrected chi connectivity index (χ1v) is 10.9. The molecule has 4 N–H and O–H groups in total. The van der Waals surface area contributed by atoms with Crippen LogP contribution >= 0.6 is 11.8 Å². The zero-order chi connectivity index (χ0) is 20.4. The second-order valence-corrected chi connectivity index (χ2v) is 8.33. The van der Waals surface area contributed by atoms with E-state index in [1.54, 1.807) is 6.08 Å². The molecular formula is C18H26N6O4S. The number of nitrogens with zero attached hydrogens (tertiary/aromatic N) is 5. The highest BCUT2D eigenvalue weighted by Crippen LogP contribution is 2.29. The molecule has 0 spiro atoms. The zero-order valence-corrected chi connectivity index (χ0v) is 17.0. The first-order chi connectivity index (χ1) is 14.1. The van der Waals surface area contributed by atoms with Gasteiger partial charge in [-0.05, 0) is 19.3 Å². The highest BCUT2D eigenvalue weighted by Gasteiger charge is 2.36. The van der Waals surface area contributed by atoms with Crippen molar-refractivity contribution in [2.75, 3.05) is 24.2 Å². The van der Waals surface area contributed by atoms with E-state index < -0.39 is 24.4 Å². The summed E-state index contributed by atoms with van der Waals surface area (Å²) in [6.45, 7) is 3.48. The van der Waals surface area contributed by atoms with Gasteiger partial charge in [-0.25, -0.2) is 14.6 Å². The summed E-state index contributed by atoms with van der Waals surface area (Å²) in [6, 6.07) is -0.691. The third-order valence-electron chi connectivity index (χ3n) is 5.10. The Morgan fingerprint density at radius 3 is 2.86 bits per heavy atom. The van der Waals surface area contributed by atoms with Gasteiger partial charge in [0, 0.05) is 18.9 Å². The van der Waals surface area contributed by atoms with Crippen molar-refractivity contribution in [3.63, 3.8) is 0 Å². The minimum absolute atomic E-state index is 0.140. The van der Waals surface area contributed by atoms with E-state index in [1.165, 1.54) is 22.5 Å². The van der Waals surface area contributed by atoms with Crippen LogP contribution in [0, 0.1) is 0 Å². The summed E-state index contributed by atoms with van der Waals surface area (Å²) in [7, 11) is 0. The summed E-state index contributed by atoms with van der Waals surface area (Å²) in [5, 5.41) is 42.5. The maximum absolute atomic E-state index is 10.4. The Bertz CT molecular complexity index is 871. The van der Waals surface area contributed by atoms with Gasteiger partial charge in [0.05, 0.1) is 6.10 Å². The molecule has 2 aromatic rings. The Morgan fingerprint density at radius 2 is 2.10 bits per heavy atom. The molecule has 0 unspecified atom stereocenters. The fraction of sp³-hybridized carbons (Fsp3) is 0.667. The average molecular weight is 423 g/mol. The molecular weight excluding hydrogens is 396 g/mol. The van der Waals surface area contributed by atoms with Gasteiger partial charge in [0.2, 0.25) is 0 Å². The fourth-order valence-electron chi connectivity index (χ4n) is 3.49. The van der Waals surface area contributed by atoms with E-state index in [-0.39, 0.29) is 6.10 Å². The number of fused-ring (bicyclic) bond motifs is 1. The molecule has 1 fully saturated rings. The average Bonchev–Trinajstić information content (AvgIpc) is 3.39. The molecule has 0 saturated carbocycles. The van der Waals surface area contributed by atoms with Crippen LogP contribution in [0.2, 0.25) is 0 Å². The number of aromatic nitrogens is 5. The molecule has 158 valence electrons. The number of rotatable bonds is 7. The molecule has 29 heavy (non-hydrogen) atoms. The van der Waals surface area contributed by atoms with Crippen molar-refractivity contribution >= 4 is 28.7 Å². The second-order valence-electron chi connectivity index (χ2n) is 7.27. The van der Waals surface area contributed by atoms with Crippen LogP contribution in [0.4, 0.5) is 5.82 Å². The summed E-state index contributed by atoms with van der Waals surface area (Å²) in [6.07, 6.45) is 2.57. The van der Waals surface area contributed by atoms with E-state index in [0.717, 1.165) is 31.6 Å². The SMILES string of the molecule is CCCSc1nc(NC[C@@H]2CCCO2)c2nnn([C@@H]3C=C[C@H](O)[C@@H](O)[C@H]3O)c2n1. The number of thioether (sulfide) groups is 1. The molecule has 0 radical (unpaired) electrons. The zero-order valence-electron chi connectivity index (χ0n) is 16.2. The summed E-state index contributed by atoms with van der Waals surface area (Å²) < 4.78 is 7.14. The lowest BCUT2D eigenvalue weighted by atomic mass is 9.94. The van der Waals surface area contributed by atoms with Crippen LogP contribution in [-0.2, 0) is 4.74 Å². The van der Waals surface area contributed by atoms with E-state index >= 15 is 0 Å². The van der Waals surface area contributed by atoms with Crippen molar-refractivity contribution in [3.8, 4) is 0 Å². The van der Waals surface area contributed by atoms with Crippen LogP contribution in [0.5, 0.6) is 0 Å². The third-order valence-corrected chi connectivity index (χ3v) is 6.15. The molecule has 1 saturated heterocycles. The number of aliphatic hydroxyl groups is 3. The quantitative estimate of drug-likeness (QED) is 0.283. The molecule has 11 heteroatoms. The summed E-state index contributed by atoms with van der Waals surface area (Å²) in [4.78, 5) is 9.20. The van der Waals surface area contributed by atoms with E-state index in [1.807, 2.05) is 0 Å². The number of ether oxygens (including phenoxy) is 1. The number of anilines is 1. The largest absolute Gasteiger partial charge is 0.388 e. The van der Waals surface area contributed by atoms with E-state index in [9.17, 15) is 15.3 Å². The van der Waals surface area contributed by atoms with Crippen molar-refractivity contribution in [1.82, 2.24) is 25.0 Å². The third kappa shape index (κ3) is 4.24. The molecule has 3 heterocycles. The number of hydrogen-bond acceptors (Lipinski definition) is 10. The highest BCUT2D eigenvalue weighted by molar-refractivity contribution is 7.99. The monoisotopic (exact) mass is 422 g/mol. The van der Waals surface area contributed by atoms with Gasteiger partial charge in [-0.2, -0.15) is 0 Å². The Hall–Kier alpha value is -1.79. The van der Waals surface area contributed by atoms with E-state index in [4.69, 9.17) is 4.74 Å². The summed E-state index contributed by atoms with van der Waals surface area (Å²) in [5.74, 6) is 1.44. The van der Waals surface area contributed by atoms with Crippen molar-refractivity contribution < 1.29 is 20.1 Å². The highest BCUT2D eigenvalue weighted by atomic mass is 32.2. The lowest BCUT2D eigenvalue weighted by Crippen LogP contribution is -2.44. The second kappa shape index (κ2) is 8.92. The first-order valence-electron chi connectivity index (χ1n) is 9.92. The lowest BCUT2D eigenvalue weighted by molar-refractivity contribution is -0.0636. The Kier molecular flexibility index (Phi) is 6.30. The van der Waals surface area contributed by atoms with Crippen LogP contribution in [0.3, 0.4) is 0 Å². The summed E-state index contributed by atoms with van der Waals surface area (Å²) >= 11 is 1.54. The van der Waals surface area contributed by atoms with E-state index in [2.05, 4.69) is 32.5 Å². The van der Waals surface area contributed by atoms with Crippen molar-refractivity contribution in [2.24, 2.45) is 0 Å². The molecule has 10 nitrogen and oxygen atoms in total. The lowest BCUT2D eigenvalue weighted by Gasteiger charge is -2.30. The molecule has 1 aliphatic carbocycles. The Morgan fingerprint density at radius 1 is 1.24 bits per heavy atom. The molecule has 0 bridgehead atoms. The molecule has 0 aromatic carbocycles. The predicted octanol–water partition coefficient (Wildman–Crippen LogP) is 0.508. The van der Waals surface area contributed by atoms with Crippen molar-refractivity contribution in [1.29, 1.82) is 0 Å². The van der Waals surface area contributed by atoms with Gasteiger partial charge in [0.15, 0.2) is 22.1 Å².